The van der Waals surface area contributed by atoms with Crippen molar-refractivity contribution in [3.8, 4) is 0 Å². The maximum absolute atomic E-state index is 11.9. The lowest BCUT2D eigenvalue weighted by molar-refractivity contribution is -0.148. The summed E-state index contributed by atoms with van der Waals surface area (Å²) in [6.45, 7) is 3.07. The molecule has 4 N–H and O–H groups in total. The zero-order valence-electron chi connectivity index (χ0n) is 11.2. The molecule has 1 fully saturated rings. The number of aromatic nitrogens is 2. The van der Waals surface area contributed by atoms with Gasteiger partial charge in [0, 0.05) is 17.0 Å². The van der Waals surface area contributed by atoms with E-state index >= 15 is 0 Å². The number of nitrogen functional groups attached to an aromatic ring is 1. The summed E-state index contributed by atoms with van der Waals surface area (Å²) in [5, 5.41) is 17.9. The largest absolute Gasteiger partial charge is 0.481 e. The van der Waals surface area contributed by atoms with Gasteiger partial charge in [-0.05, 0) is 20.3 Å². The van der Waals surface area contributed by atoms with Crippen LogP contribution in [0.1, 0.15) is 24.3 Å². The summed E-state index contributed by atoms with van der Waals surface area (Å²) in [4.78, 5) is 27.1. The molecule has 0 unspecified atom stereocenters. The number of hydrogen-bond donors (Lipinski definition) is 3. The number of aliphatic hydroxyl groups excluding tert-OH is 1. The lowest BCUT2D eigenvalue weighted by Gasteiger charge is -2.23. The number of rotatable bonds is 3. The maximum Gasteiger partial charge on any atom is 0.350 e. The minimum Gasteiger partial charge on any atom is -0.481 e. The van der Waals surface area contributed by atoms with Gasteiger partial charge in [-0.15, -0.1) is 11.8 Å². The molecule has 2 rings (SSSR count). The van der Waals surface area contributed by atoms with Crippen LogP contribution in [-0.4, -0.2) is 37.6 Å². The van der Waals surface area contributed by atoms with Gasteiger partial charge in [0.1, 0.15) is 5.82 Å². The van der Waals surface area contributed by atoms with E-state index in [-0.39, 0.29) is 24.2 Å². The number of carboxylic acids is 1. The zero-order chi connectivity index (χ0) is 15.1. The molecule has 0 aromatic carbocycles. The van der Waals surface area contributed by atoms with Gasteiger partial charge in [0.05, 0.1) is 17.4 Å². The fourth-order valence-electron chi connectivity index (χ4n) is 2.30. The molecule has 0 saturated carbocycles. The van der Waals surface area contributed by atoms with E-state index in [2.05, 4.69) is 4.98 Å². The number of carboxylic acid groups (broad SMARTS) is 1. The Morgan fingerprint density at radius 3 is 2.85 bits per heavy atom. The third-order valence-corrected chi connectivity index (χ3v) is 5.47. The zero-order valence-corrected chi connectivity index (χ0v) is 12.1. The third-order valence-electron chi connectivity index (χ3n) is 3.77. The van der Waals surface area contributed by atoms with E-state index in [1.54, 1.807) is 20.0 Å². The van der Waals surface area contributed by atoms with Crippen molar-refractivity contribution in [2.45, 2.75) is 30.9 Å². The fraction of sp³-hybridized carbons (Fsp3) is 0.583. The van der Waals surface area contributed by atoms with E-state index in [1.165, 1.54) is 16.3 Å². The molecular formula is C12H17N3O4S. The Hall–Kier alpha value is -1.54. The summed E-state index contributed by atoms with van der Waals surface area (Å²) in [5.74, 6) is -0.798. The van der Waals surface area contributed by atoms with Crippen molar-refractivity contribution in [2.24, 2.45) is 5.41 Å². The molecule has 1 aromatic heterocycles. The summed E-state index contributed by atoms with van der Waals surface area (Å²) in [5.41, 5.74) is 4.67. The number of anilines is 1. The lowest BCUT2D eigenvalue weighted by atomic mass is 9.83. The Bertz CT molecular complexity index is 603. The second-order valence-corrected chi connectivity index (χ2v) is 6.57. The number of thioether (sulfide) groups is 1. The number of nitrogens with two attached hydrogens (primary N) is 1. The van der Waals surface area contributed by atoms with Gasteiger partial charge in [-0.25, -0.2) is 4.79 Å². The van der Waals surface area contributed by atoms with Gasteiger partial charge >= 0.3 is 11.7 Å². The minimum absolute atomic E-state index is 0.175. The first-order valence-corrected chi connectivity index (χ1v) is 7.09. The number of nitrogens with zero attached hydrogens (tertiary/aromatic N) is 2. The Morgan fingerprint density at radius 1 is 1.70 bits per heavy atom. The number of aliphatic carboxylic acids is 1. The molecule has 0 radical (unpaired) electrons. The molecule has 110 valence electrons. The number of aliphatic hydroxyl groups is 1. The van der Waals surface area contributed by atoms with Gasteiger partial charge < -0.3 is 15.9 Å². The quantitative estimate of drug-likeness (QED) is 0.730. The monoisotopic (exact) mass is 299 g/mol. The third kappa shape index (κ3) is 2.29. The molecule has 1 saturated heterocycles. The van der Waals surface area contributed by atoms with Gasteiger partial charge in [-0.2, -0.15) is 4.98 Å². The first kappa shape index (κ1) is 14.9. The van der Waals surface area contributed by atoms with Crippen LogP contribution >= 0.6 is 11.8 Å². The van der Waals surface area contributed by atoms with Crippen LogP contribution in [-0.2, 0) is 4.79 Å². The van der Waals surface area contributed by atoms with E-state index in [9.17, 15) is 19.8 Å². The molecule has 7 nitrogen and oxygen atoms in total. The molecule has 2 heterocycles. The van der Waals surface area contributed by atoms with E-state index in [1.807, 2.05) is 0 Å². The molecule has 20 heavy (non-hydrogen) atoms. The van der Waals surface area contributed by atoms with Crippen molar-refractivity contribution < 1.29 is 15.0 Å². The molecule has 3 atom stereocenters. The van der Waals surface area contributed by atoms with Gasteiger partial charge in [0.15, 0.2) is 0 Å². The second-order valence-electron chi connectivity index (χ2n) is 5.19. The van der Waals surface area contributed by atoms with E-state index in [0.29, 0.717) is 5.56 Å². The lowest BCUT2D eigenvalue weighted by Crippen LogP contribution is -2.36. The number of carbonyl (C=O) groups is 1. The first-order valence-electron chi connectivity index (χ1n) is 6.14. The predicted molar refractivity (Wildman–Crippen MR) is 75.5 cm³/mol. The van der Waals surface area contributed by atoms with E-state index < -0.39 is 22.3 Å². The van der Waals surface area contributed by atoms with Crippen LogP contribution in [0.5, 0.6) is 0 Å². The first-order chi connectivity index (χ1) is 9.29. The summed E-state index contributed by atoms with van der Waals surface area (Å²) in [7, 11) is 0. The molecule has 1 aliphatic rings. The molecular weight excluding hydrogens is 282 g/mol. The molecule has 0 amide bonds. The Balaban J connectivity index is 2.40. The van der Waals surface area contributed by atoms with Gasteiger partial charge in [-0.3, -0.25) is 9.36 Å². The molecule has 0 aliphatic carbocycles. The van der Waals surface area contributed by atoms with Gasteiger partial charge in [-0.1, -0.05) is 0 Å². The van der Waals surface area contributed by atoms with Crippen molar-refractivity contribution in [1.29, 1.82) is 0 Å². The highest BCUT2D eigenvalue weighted by Gasteiger charge is 2.50. The molecule has 0 spiro atoms. The summed E-state index contributed by atoms with van der Waals surface area (Å²) >= 11 is 1.28. The van der Waals surface area contributed by atoms with Crippen molar-refractivity contribution >= 4 is 23.5 Å². The Morgan fingerprint density at radius 2 is 2.35 bits per heavy atom. The van der Waals surface area contributed by atoms with Gasteiger partial charge in [0.2, 0.25) is 0 Å². The highest BCUT2D eigenvalue weighted by Crippen LogP contribution is 2.52. The van der Waals surface area contributed by atoms with Crippen LogP contribution in [0.15, 0.2) is 11.0 Å². The van der Waals surface area contributed by atoms with E-state index in [4.69, 9.17) is 5.73 Å². The van der Waals surface area contributed by atoms with Crippen LogP contribution in [0.4, 0.5) is 5.82 Å². The summed E-state index contributed by atoms with van der Waals surface area (Å²) in [6, 6.07) is 0. The van der Waals surface area contributed by atoms with Crippen molar-refractivity contribution in [1.82, 2.24) is 9.55 Å². The molecule has 8 heteroatoms. The van der Waals surface area contributed by atoms with E-state index in [0.717, 1.165) is 0 Å². The van der Waals surface area contributed by atoms with Crippen molar-refractivity contribution in [3.63, 3.8) is 0 Å². The SMILES string of the molecule is Cc1cn([C@H]2C[C@](C)(C(=O)O)[C@@H](CO)S2)c(=O)nc1N. The van der Waals surface area contributed by atoms with Crippen LogP contribution in [0.2, 0.25) is 0 Å². The minimum atomic E-state index is -1.07. The number of aryl methyl sites for hydroxylation is 1. The Labute approximate surface area is 119 Å². The molecule has 1 aliphatic heterocycles. The molecule has 0 bridgehead atoms. The Kier molecular flexibility index (Phi) is 3.79. The predicted octanol–water partition coefficient (Wildman–Crippen LogP) is 0.221. The highest BCUT2D eigenvalue weighted by atomic mass is 32.2. The summed E-state index contributed by atoms with van der Waals surface area (Å²) < 4.78 is 1.40. The van der Waals surface area contributed by atoms with Crippen LogP contribution in [0.3, 0.4) is 0 Å². The topological polar surface area (TPSA) is 118 Å². The normalized spacial score (nSPS) is 29.6. The van der Waals surface area contributed by atoms with Crippen LogP contribution < -0.4 is 11.4 Å². The molecule has 1 aromatic rings. The van der Waals surface area contributed by atoms with Crippen LogP contribution in [0.25, 0.3) is 0 Å². The van der Waals surface area contributed by atoms with Gasteiger partial charge in [0.25, 0.3) is 0 Å². The fourth-order valence-corrected chi connectivity index (χ4v) is 3.99. The second kappa shape index (κ2) is 5.10. The average molecular weight is 299 g/mol. The average Bonchev–Trinajstić information content (AvgIpc) is 2.72. The maximum atomic E-state index is 11.9. The standard InChI is InChI=1S/C12H17N3O4S/c1-6-4-15(11(19)14-9(6)13)8-3-12(2,10(17)18)7(5-16)20-8/h4,7-8,16H,3,5H2,1-2H3,(H,17,18)(H2,13,14,19)/t7-,8-,12+/m1/s1. The highest BCUT2D eigenvalue weighted by molar-refractivity contribution is 8.00. The van der Waals surface area contributed by atoms with Crippen LogP contribution in [0, 0.1) is 12.3 Å². The summed E-state index contributed by atoms with van der Waals surface area (Å²) in [6.07, 6.45) is 1.84. The van der Waals surface area contributed by atoms with Crippen molar-refractivity contribution in [2.75, 3.05) is 12.3 Å². The smallest absolute Gasteiger partial charge is 0.350 e. The number of hydrogen-bond acceptors (Lipinski definition) is 6. The van der Waals surface area contributed by atoms with Crippen molar-refractivity contribution in [3.05, 3.63) is 22.2 Å².